The topological polar surface area (TPSA) is 75.1 Å². The van der Waals surface area contributed by atoms with Gasteiger partial charge in [-0.1, -0.05) is 12.0 Å². The molecule has 5 nitrogen and oxygen atoms in total. The fourth-order valence-electron chi connectivity index (χ4n) is 0.403. The molecule has 0 aromatic heterocycles. The summed E-state index contributed by atoms with van der Waals surface area (Å²) in [6.07, 6.45) is 1.12. The smallest absolute Gasteiger partial charge is 0.305 e. The fourth-order valence-corrected chi connectivity index (χ4v) is 0.403. The average Bonchev–Trinajstić information content (AvgIpc) is 1.89. The van der Waals surface area contributed by atoms with E-state index < -0.39 is 0 Å². The summed E-state index contributed by atoms with van der Waals surface area (Å²) in [5.74, 6) is -0.324. The van der Waals surface area contributed by atoms with Crippen LogP contribution < -0.4 is 0 Å². The summed E-state index contributed by atoms with van der Waals surface area (Å²) in [5, 5.41) is 3.03. The van der Waals surface area contributed by atoms with Gasteiger partial charge in [-0.3, -0.25) is 4.79 Å². The van der Waals surface area contributed by atoms with Gasteiger partial charge in [0.05, 0.1) is 0 Å². The number of esters is 1. The minimum absolute atomic E-state index is 0.199. The number of hydrogen-bond donors (Lipinski definition) is 0. The largest absolute Gasteiger partial charge is 0.460 e. The number of carbonyl (C=O) groups excluding carboxylic acids is 1. The Morgan fingerprint density at radius 1 is 1.80 bits per heavy atom. The van der Waals surface area contributed by atoms with E-state index in [2.05, 4.69) is 14.8 Å². The zero-order valence-electron chi connectivity index (χ0n) is 5.78. The Labute approximate surface area is 58.6 Å². The summed E-state index contributed by atoms with van der Waals surface area (Å²) in [6, 6.07) is 0. The Balaban J connectivity index is 3.30. The first-order valence-corrected chi connectivity index (χ1v) is 2.97. The van der Waals surface area contributed by atoms with Gasteiger partial charge in [0, 0.05) is 11.3 Å². The first-order chi connectivity index (χ1) is 4.81. The van der Waals surface area contributed by atoms with Crippen LogP contribution in [0.5, 0.6) is 0 Å². The molecule has 0 aliphatic carbocycles. The Bertz CT molecular complexity index is 151. The second kappa shape index (κ2) is 5.91. The van der Waals surface area contributed by atoms with Crippen molar-refractivity contribution in [2.75, 3.05) is 6.73 Å². The van der Waals surface area contributed by atoms with Crippen LogP contribution in [0.25, 0.3) is 10.4 Å². The van der Waals surface area contributed by atoms with E-state index in [9.17, 15) is 4.79 Å². The van der Waals surface area contributed by atoms with Crippen LogP contribution in [-0.2, 0) is 9.53 Å². The fraction of sp³-hybridized carbons (Fsp3) is 0.800. The number of ether oxygens (including phenoxy) is 1. The molecule has 0 aromatic carbocycles. The highest BCUT2D eigenvalue weighted by atomic mass is 16.5. The van der Waals surface area contributed by atoms with Gasteiger partial charge < -0.3 is 4.74 Å². The molecule has 0 amide bonds. The van der Waals surface area contributed by atoms with Crippen molar-refractivity contribution in [3.05, 3.63) is 10.4 Å². The number of carbonyl (C=O) groups is 1. The molecule has 0 radical (unpaired) electrons. The molecule has 0 aliphatic rings. The molecule has 0 bridgehead atoms. The maximum absolute atomic E-state index is 10.5. The minimum Gasteiger partial charge on any atom is -0.460 e. The van der Waals surface area contributed by atoms with E-state index in [4.69, 9.17) is 5.53 Å². The average molecular weight is 143 g/mol. The van der Waals surface area contributed by atoms with Gasteiger partial charge in [0.2, 0.25) is 0 Å². The van der Waals surface area contributed by atoms with Crippen LogP contribution in [0.15, 0.2) is 5.11 Å². The maximum Gasteiger partial charge on any atom is 0.305 e. The predicted molar refractivity (Wildman–Crippen MR) is 35.0 cm³/mol. The van der Waals surface area contributed by atoms with E-state index >= 15 is 0 Å². The normalized spacial score (nSPS) is 8.10. The zero-order valence-corrected chi connectivity index (χ0v) is 5.78. The third kappa shape index (κ3) is 4.93. The monoisotopic (exact) mass is 143 g/mol. The summed E-state index contributed by atoms with van der Waals surface area (Å²) >= 11 is 0. The molecule has 10 heavy (non-hydrogen) atoms. The van der Waals surface area contributed by atoms with Crippen LogP contribution in [0.1, 0.15) is 19.8 Å². The first-order valence-electron chi connectivity index (χ1n) is 2.97. The molecule has 0 aromatic rings. The van der Waals surface area contributed by atoms with Crippen LogP contribution >= 0.6 is 0 Å². The SMILES string of the molecule is CCCC(=O)OCN=[N+]=[N-]. The summed E-state index contributed by atoms with van der Waals surface area (Å²) < 4.78 is 4.46. The Morgan fingerprint density at radius 2 is 2.50 bits per heavy atom. The van der Waals surface area contributed by atoms with Gasteiger partial charge >= 0.3 is 5.97 Å². The second-order valence-corrected chi connectivity index (χ2v) is 1.63. The highest BCUT2D eigenvalue weighted by molar-refractivity contribution is 5.69. The van der Waals surface area contributed by atoms with Gasteiger partial charge in [-0.15, -0.1) is 0 Å². The van der Waals surface area contributed by atoms with E-state index in [-0.39, 0.29) is 12.7 Å². The molecule has 0 fully saturated rings. The zero-order chi connectivity index (χ0) is 7.82. The molecule has 0 unspecified atom stereocenters. The lowest BCUT2D eigenvalue weighted by Crippen LogP contribution is -2.02. The first kappa shape index (κ1) is 8.78. The van der Waals surface area contributed by atoms with E-state index in [1.807, 2.05) is 6.92 Å². The third-order valence-corrected chi connectivity index (χ3v) is 0.801. The molecule has 0 N–H and O–H groups in total. The van der Waals surface area contributed by atoms with E-state index in [0.29, 0.717) is 6.42 Å². The van der Waals surface area contributed by atoms with Gasteiger partial charge in [0.25, 0.3) is 0 Å². The molecule has 0 aliphatic heterocycles. The molecule has 0 atom stereocenters. The molecule has 5 heteroatoms. The number of azide groups is 1. The second-order valence-electron chi connectivity index (χ2n) is 1.63. The van der Waals surface area contributed by atoms with Gasteiger partial charge in [-0.05, 0) is 12.0 Å². The molecular formula is C5H9N3O2. The Morgan fingerprint density at radius 3 is 3.00 bits per heavy atom. The van der Waals surface area contributed by atoms with Gasteiger partial charge in [-0.2, -0.15) is 0 Å². The van der Waals surface area contributed by atoms with E-state index in [0.717, 1.165) is 6.42 Å². The minimum atomic E-state index is -0.324. The summed E-state index contributed by atoms with van der Waals surface area (Å²) in [7, 11) is 0. The summed E-state index contributed by atoms with van der Waals surface area (Å²) in [4.78, 5) is 12.9. The van der Waals surface area contributed by atoms with Crippen molar-refractivity contribution in [3.8, 4) is 0 Å². The third-order valence-electron chi connectivity index (χ3n) is 0.801. The van der Waals surface area contributed by atoms with Crippen LogP contribution in [0.3, 0.4) is 0 Å². The van der Waals surface area contributed by atoms with Crippen molar-refractivity contribution in [2.24, 2.45) is 5.11 Å². The summed E-state index contributed by atoms with van der Waals surface area (Å²) in [5.41, 5.74) is 7.78. The standard InChI is InChI=1S/C5H9N3O2/c1-2-3-5(9)10-4-7-8-6/h2-4H2,1H3. The Hall–Kier alpha value is -1.22. The highest BCUT2D eigenvalue weighted by Gasteiger charge is 1.96. The summed E-state index contributed by atoms with van der Waals surface area (Å²) in [6.45, 7) is 1.67. The van der Waals surface area contributed by atoms with Crippen molar-refractivity contribution in [1.29, 1.82) is 0 Å². The molecule has 56 valence electrons. The molecule has 0 saturated heterocycles. The van der Waals surface area contributed by atoms with Crippen molar-refractivity contribution in [2.45, 2.75) is 19.8 Å². The van der Waals surface area contributed by atoms with Crippen molar-refractivity contribution in [1.82, 2.24) is 0 Å². The molecule has 0 heterocycles. The van der Waals surface area contributed by atoms with Crippen LogP contribution in [0.4, 0.5) is 0 Å². The quantitative estimate of drug-likeness (QED) is 0.259. The number of hydrogen-bond acceptors (Lipinski definition) is 3. The van der Waals surface area contributed by atoms with Gasteiger partial charge in [-0.25, -0.2) is 0 Å². The predicted octanol–water partition coefficient (Wildman–Crippen LogP) is 1.60. The van der Waals surface area contributed by atoms with Crippen LogP contribution in [-0.4, -0.2) is 12.7 Å². The van der Waals surface area contributed by atoms with E-state index in [1.54, 1.807) is 0 Å². The molecular weight excluding hydrogens is 134 g/mol. The Kier molecular flexibility index (Phi) is 5.19. The molecule has 0 saturated carbocycles. The number of rotatable bonds is 4. The van der Waals surface area contributed by atoms with Crippen molar-refractivity contribution in [3.63, 3.8) is 0 Å². The lowest BCUT2D eigenvalue weighted by molar-refractivity contribution is -0.143. The van der Waals surface area contributed by atoms with Crippen LogP contribution in [0.2, 0.25) is 0 Å². The van der Waals surface area contributed by atoms with Gasteiger partial charge in [0.15, 0.2) is 6.73 Å². The van der Waals surface area contributed by atoms with Crippen LogP contribution in [0, 0.1) is 0 Å². The van der Waals surface area contributed by atoms with E-state index in [1.165, 1.54) is 0 Å². The molecule has 0 rings (SSSR count). The highest BCUT2D eigenvalue weighted by Crippen LogP contribution is 1.90. The lowest BCUT2D eigenvalue weighted by atomic mass is 10.3. The maximum atomic E-state index is 10.5. The lowest BCUT2D eigenvalue weighted by Gasteiger charge is -1.96. The molecule has 0 spiro atoms. The van der Waals surface area contributed by atoms with Gasteiger partial charge in [0.1, 0.15) is 0 Å². The van der Waals surface area contributed by atoms with Crippen molar-refractivity contribution < 1.29 is 9.53 Å². The number of nitrogens with zero attached hydrogens (tertiary/aromatic N) is 3. The van der Waals surface area contributed by atoms with Crippen molar-refractivity contribution >= 4 is 5.97 Å².